The van der Waals surface area contributed by atoms with Crippen LogP contribution in [0.2, 0.25) is 0 Å². The van der Waals surface area contributed by atoms with Crippen LogP contribution < -0.4 is 0 Å². The van der Waals surface area contributed by atoms with E-state index in [9.17, 15) is 0 Å². The predicted octanol–water partition coefficient (Wildman–Crippen LogP) is 14.3. The van der Waals surface area contributed by atoms with Crippen LogP contribution in [0.25, 0.3) is 119 Å². The number of hydrogen-bond acceptors (Lipinski definition) is 0. The van der Waals surface area contributed by atoms with Crippen LogP contribution >= 0.6 is 0 Å². The van der Waals surface area contributed by atoms with Crippen LogP contribution in [0.4, 0.5) is 0 Å². The lowest BCUT2D eigenvalue weighted by Crippen LogP contribution is -1.92. The first-order chi connectivity index (χ1) is 24.8. The molecular weight excluding hydrogens is 601 g/mol. The minimum atomic E-state index is 1.26. The van der Waals surface area contributed by atoms with Gasteiger partial charge >= 0.3 is 0 Å². The minimum absolute atomic E-state index is 1.26. The summed E-state index contributed by atoms with van der Waals surface area (Å²) in [7, 11) is 0. The van der Waals surface area contributed by atoms with E-state index in [1.807, 2.05) is 0 Å². The third-order valence-corrected chi connectivity index (χ3v) is 11.5. The summed E-state index contributed by atoms with van der Waals surface area (Å²) in [5.41, 5.74) is 5.23. The van der Waals surface area contributed by atoms with Gasteiger partial charge in [0, 0.05) is 0 Å². The highest BCUT2D eigenvalue weighted by atomic mass is 14.3. The largest absolute Gasteiger partial charge is 0.0616 e. The van der Waals surface area contributed by atoms with Crippen LogP contribution in [0.3, 0.4) is 0 Å². The number of hydrogen-bond donors (Lipinski definition) is 0. The third kappa shape index (κ3) is 3.26. The molecule has 0 aromatic heterocycles. The molecule has 12 aromatic carbocycles. The van der Waals surface area contributed by atoms with E-state index >= 15 is 0 Å². The van der Waals surface area contributed by atoms with Crippen molar-refractivity contribution in [1.82, 2.24) is 0 Å². The smallest absolute Gasteiger partial charge is 0.000697 e. The Labute approximate surface area is 288 Å². The second-order valence-electron chi connectivity index (χ2n) is 13.9. The molecule has 0 aliphatic heterocycles. The summed E-state index contributed by atoms with van der Waals surface area (Å²) in [4.78, 5) is 0. The van der Waals surface area contributed by atoms with Crippen LogP contribution in [0.1, 0.15) is 0 Å². The first-order valence-corrected chi connectivity index (χ1v) is 17.5. The molecule has 0 fully saturated rings. The maximum Gasteiger partial charge on any atom is -0.000697 e. The van der Waals surface area contributed by atoms with E-state index in [-0.39, 0.29) is 0 Å². The summed E-state index contributed by atoms with van der Waals surface area (Å²) in [6, 6.07) is 63.7. The fraction of sp³-hybridized carbons (Fsp3) is 0. The summed E-state index contributed by atoms with van der Waals surface area (Å²) in [5.74, 6) is 0. The first kappa shape index (κ1) is 26.5. The molecule has 0 aliphatic carbocycles. The molecule has 0 heteroatoms. The van der Waals surface area contributed by atoms with Crippen LogP contribution in [0.5, 0.6) is 0 Å². The maximum atomic E-state index is 2.54. The van der Waals surface area contributed by atoms with Gasteiger partial charge in [0.25, 0.3) is 0 Å². The van der Waals surface area contributed by atoms with Crippen LogP contribution in [0, 0.1) is 0 Å². The van der Waals surface area contributed by atoms with Gasteiger partial charge in [-0.05, 0) is 125 Å². The molecule has 0 amide bonds. The second kappa shape index (κ2) is 9.56. The van der Waals surface area contributed by atoms with Gasteiger partial charge in [-0.15, -0.1) is 0 Å². The van der Waals surface area contributed by atoms with Gasteiger partial charge in [-0.25, -0.2) is 0 Å². The van der Waals surface area contributed by atoms with Gasteiger partial charge < -0.3 is 0 Å². The molecule has 0 aliphatic rings. The van der Waals surface area contributed by atoms with Crippen molar-refractivity contribution < 1.29 is 0 Å². The molecule has 0 radical (unpaired) electrons. The topological polar surface area (TPSA) is 0 Å². The lowest BCUT2D eigenvalue weighted by atomic mass is 9.82. The van der Waals surface area contributed by atoms with Crippen molar-refractivity contribution in [2.75, 3.05) is 0 Å². The maximum absolute atomic E-state index is 2.54. The van der Waals surface area contributed by atoms with Gasteiger partial charge in [0.05, 0.1) is 0 Å². The quantitative estimate of drug-likeness (QED) is 0.167. The molecule has 0 saturated heterocycles. The molecular formula is C50H28. The summed E-state index contributed by atoms with van der Waals surface area (Å²) >= 11 is 0. The molecule has 228 valence electrons. The standard InChI is InChI=1S/C50H28/c1-3-18-32-29(12-1)14-7-22-36(32)46-43-28-42-35-21-6-5-20-34(35)38-24-11-27-41(45(38)42)47(43)48(37-23-8-15-30-13-2-4-19-33(30)37)50-40-26-10-17-31-16-9-25-39(44(31)40)49(46)50/h1-28H. The molecule has 0 N–H and O–H groups in total. The fourth-order valence-electron chi connectivity index (χ4n) is 9.58. The third-order valence-electron chi connectivity index (χ3n) is 11.5. The molecule has 0 saturated carbocycles. The lowest BCUT2D eigenvalue weighted by Gasteiger charge is -2.20. The van der Waals surface area contributed by atoms with E-state index in [0.717, 1.165) is 0 Å². The molecule has 0 heterocycles. The number of benzene rings is 10. The zero-order valence-electron chi connectivity index (χ0n) is 27.2. The molecule has 12 aromatic rings. The SMILES string of the molecule is c1ccc2c(-c3c4cc5c6ccccc6c6cccc(c4c(-c4cccc7ccccc47)c4c7cccc8cccc(c34)c87)c65)cccc2c1. The van der Waals surface area contributed by atoms with Crippen LogP contribution in [0.15, 0.2) is 170 Å². The zero-order valence-corrected chi connectivity index (χ0v) is 27.2. The summed E-state index contributed by atoms with van der Waals surface area (Å²) < 4.78 is 0. The van der Waals surface area contributed by atoms with E-state index in [1.54, 1.807) is 0 Å². The molecule has 0 atom stereocenters. The van der Waals surface area contributed by atoms with Gasteiger partial charge in [-0.2, -0.15) is 0 Å². The molecule has 0 bridgehead atoms. The van der Waals surface area contributed by atoms with E-state index in [4.69, 9.17) is 0 Å². The van der Waals surface area contributed by atoms with Crippen molar-refractivity contribution in [1.29, 1.82) is 0 Å². The second-order valence-corrected chi connectivity index (χ2v) is 13.9. The average molecular weight is 629 g/mol. The fourth-order valence-corrected chi connectivity index (χ4v) is 9.58. The van der Waals surface area contributed by atoms with Crippen molar-refractivity contribution in [2.24, 2.45) is 0 Å². The van der Waals surface area contributed by atoms with Crippen molar-refractivity contribution in [2.45, 2.75) is 0 Å². The molecule has 0 nitrogen and oxygen atoms in total. The summed E-state index contributed by atoms with van der Waals surface area (Å²) in [6.07, 6.45) is 0. The zero-order chi connectivity index (χ0) is 32.5. The normalized spacial score (nSPS) is 12.4. The van der Waals surface area contributed by atoms with Crippen LogP contribution in [-0.2, 0) is 0 Å². The molecule has 12 rings (SSSR count). The first-order valence-electron chi connectivity index (χ1n) is 17.5. The van der Waals surface area contributed by atoms with Crippen molar-refractivity contribution in [3.05, 3.63) is 170 Å². The summed E-state index contributed by atoms with van der Waals surface area (Å²) in [5, 5.41) is 23.7. The Bertz CT molecular complexity index is 3350. The average Bonchev–Trinajstić information content (AvgIpc) is 3.68. The van der Waals surface area contributed by atoms with Crippen molar-refractivity contribution >= 4 is 97.0 Å². The lowest BCUT2D eigenvalue weighted by molar-refractivity contribution is 1.72. The van der Waals surface area contributed by atoms with Crippen LogP contribution in [-0.4, -0.2) is 0 Å². The Balaban J connectivity index is 1.48. The Kier molecular flexibility index (Phi) is 5.06. The van der Waals surface area contributed by atoms with E-state index in [2.05, 4.69) is 170 Å². The van der Waals surface area contributed by atoms with E-state index < -0.39 is 0 Å². The monoisotopic (exact) mass is 628 g/mol. The van der Waals surface area contributed by atoms with Gasteiger partial charge in [0.1, 0.15) is 0 Å². The molecule has 0 spiro atoms. The predicted molar refractivity (Wildman–Crippen MR) is 217 cm³/mol. The van der Waals surface area contributed by atoms with Gasteiger partial charge in [0.15, 0.2) is 0 Å². The number of fused-ring (bicyclic) bond motifs is 10. The minimum Gasteiger partial charge on any atom is -0.0616 e. The number of rotatable bonds is 2. The van der Waals surface area contributed by atoms with Crippen molar-refractivity contribution in [3.63, 3.8) is 0 Å². The van der Waals surface area contributed by atoms with Crippen molar-refractivity contribution in [3.8, 4) is 22.3 Å². The van der Waals surface area contributed by atoms with E-state index in [1.165, 1.54) is 119 Å². The van der Waals surface area contributed by atoms with Gasteiger partial charge in [-0.1, -0.05) is 164 Å². The van der Waals surface area contributed by atoms with Gasteiger partial charge in [0.2, 0.25) is 0 Å². The Hall–Kier alpha value is -6.50. The molecule has 0 unspecified atom stereocenters. The highest BCUT2D eigenvalue weighted by molar-refractivity contribution is 6.45. The van der Waals surface area contributed by atoms with Gasteiger partial charge in [-0.3, -0.25) is 0 Å². The molecule has 50 heavy (non-hydrogen) atoms. The Morgan fingerprint density at radius 2 is 0.620 bits per heavy atom. The Morgan fingerprint density at radius 1 is 0.200 bits per heavy atom. The van der Waals surface area contributed by atoms with E-state index in [0.29, 0.717) is 0 Å². The summed E-state index contributed by atoms with van der Waals surface area (Å²) in [6.45, 7) is 0. The Morgan fingerprint density at radius 3 is 1.28 bits per heavy atom. The highest BCUT2D eigenvalue weighted by Gasteiger charge is 2.27. The highest BCUT2D eigenvalue weighted by Crippen LogP contribution is 2.55.